The maximum atomic E-state index is 12.4. The molecule has 46 heavy (non-hydrogen) atoms. The Labute approximate surface area is 288 Å². The van der Waals surface area contributed by atoms with Crippen molar-refractivity contribution in [3.05, 3.63) is 24.3 Å². The summed E-state index contributed by atoms with van der Waals surface area (Å²) in [5, 5.41) is 3.21. The molecule has 268 valence electrons. The lowest BCUT2D eigenvalue weighted by atomic mass is 10.1. The molecule has 0 saturated carbocycles. The average molecular weight is 643 g/mol. The summed E-state index contributed by atoms with van der Waals surface area (Å²) in [6.45, 7) is 11.9. The van der Waals surface area contributed by atoms with E-state index >= 15 is 0 Å². The lowest BCUT2D eigenvalue weighted by molar-refractivity contribution is -0.517. The zero-order chi connectivity index (χ0) is 33.2. The largest absolute Gasteiger partial charge is 0.352 e. The summed E-state index contributed by atoms with van der Waals surface area (Å²) >= 11 is 0. The molecule has 0 aromatic heterocycles. The Hall–Kier alpha value is -1.58. The molecule has 1 N–H and O–H groups in total. The van der Waals surface area contributed by atoms with Gasteiger partial charge in [-0.3, -0.25) is 14.3 Å². The van der Waals surface area contributed by atoms with Crippen molar-refractivity contribution in [3.63, 3.8) is 0 Å². The van der Waals surface area contributed by atoms with Crippen molar-refractivity contribution >= 4 is 11.7 Å². The van der Waals surface area contributed by atoms with Crippen LogP contribution in [0.25, 0.3) is 0 Å². The number of allylic oxidation sites excluding steroid dienone is 4. The van der Waals surface area contributed by atoms with E-state index in [1.807, 2.05) is 0 Å². The standard InChI is InChI=1S/C42H79N3O/c1-4-7-9-11-13-15-17-19-21-23-25-27-29-31-33-35-41(46)43-37-38-45-40-39-44(6-3)42(45)36-34-32-30-28-26-24-22-20-18-16-14-12-10-8-5-2/h19-22H,4-18,23-40H2,1-3H3/p+1. The number of hydrogen-bond acceptors (Lipinski definition) is 2. The highest BCUT2D eigenvalue weighted by Crippen LogP contribution is 2.14. The van der Waals surface area contributed by atoms with Crippen LogP contribution in [0.5, 0.6) is 0 Å². The number of hydrogen-bond donors (Lipinski definition) is 1. The van der Waals surface area contributed by atoms with Gasteiger partial charge in [-0.15, -0.1) is 0 Å². The number of carbonyl (C=O) groups excluding carboxylic acids is 1. The van der Waals surface area contributed by atoms with Crippen LogP contribution in [-0.2, 0) is 4.79 Å². The third kappa shape index (κ3) is 25.5. The van der Waals surface area contributed by atoms with Gasteiger partial charge in [0.05, 0.1) is 13.1 Å². The predicted octanol–water partition coefficient (Wildman–Crippen LogP) is 11.9. The topological polar surface area (TPSA) is 35.4 Å². The third-order valence-corrected chi connectivity index (χ3v) is 9.78. The summed E-state index contributed by atoms with van der Waals surface area (Å²) in [5.74, 6) is 1.76. The van der Waals surface area contributed by atoms with Crippen LogP contribution in [0.2, 0.25) is 0 Å². The summed E-state index contributed by atoms with van der Waals surface area (Å²) in [5.41, 5.74) is 0. The second-order valence-electron chi connectivity index (χ2n) is 14.0. The van der Waals surface area contributed by atoms with Crippen molar-refractivity contribution in [2.75, 3.05) is 32.7 Å². The van der Waals surface area contributed by atoms with Crippen molar-refractivity contribution in [2.24, 2.45) is 0 Å². The number of carbonyl (C=O) groups is 1. The average Bonchev–Trinajstić information content (AvgIpc) is 3.46. The van der Waals surface area contributed by atoms with Gasteiger partial charge in [0.15, 0.2) is 0 Å². The predicted molar refractivity (Wildman–Crippen MR) is 204 cm³/mol. The fourth-order valence-electron chi connectivity index (χ4n) is 6.73. The lowest BCUT2D eigenvalue weighted by Crippen LogP contribution is -2.33. The highest BCUT2D eigenvalue weighted by atomic mass is 16.1. The highest BCUT2D eigenvalue weighted by Gasteiger charge is 2.28. The summed E-state index contributed by atoms with van der Waals surface area (Å²) < 4.78 is 2.54. The first kappa shape index (κ1) is 42.4. The zero-order valence-electron chi connectivity index (χ0n) is 31.4. The smallest absolute Gasteiger partial charge is 0.247 e. The first-order valence-corrected chi connectivity index (χ1v) is 20.6. The van der Waals surface area contributed by atoms with E-state index in [4.69, 9.17) is 0 Å². The molecule has 0 bridgehead atoms. The molecule has 4 nitrogen and oxygen atoms in total. The van der Waals surface area contributed by atoms with E-state index in [1.165, 1.54) is 173 Å². The van der Waals surface area contributed by atoms with Crippen LogP contribution in [0, 0.1) is 0 Å². The van der Waals surface area contributed by atoms with E-state index in [0.29, 0.717) is 6.42 Å². The fraction of sp³-hybridized carbons (Fsp3) is 0.857. The summed E-state index contributed by atoms with van der Waals surface area (Å²) in [6.07, 6.45) is 45.9. The SMILES string of the molecule is CCCCCCCCC=CCCCCCCCC(=O)NCC[N+]1=C(CCCCCCCC=CCCCCCCCC)N(CC)CC1. The molecule has 0 aromatic rings. The number of nitrogens with zero attached hydrogens (tertiary/aromatic N) is 2. The van der Waals surface area contributed by atoms with Crippen LogP contribution < -0.4 is 5.32 Å². The molecule has 0 fully saturated rings. The summed E-state index contributed by atoms with van der Waals surface area (Å²) in [6, 6.07) is 0. The van der Waals surface area contributed by atoms with Gasteiger partial charge in [-0.25, -0.2) is 0 Å². The van der Waals surface area contributed by atoms with Gasteiger partial charge in [0.2, 0.25) is 11.7 Å². The van der Waals surface area contributed by atoms with E-state index in [0.717, 1.165) is 39.1 Å². The molecule has 1 aliphatic rings. The number of nitrogens with one attached hydrogen (secondary N) is 1. The number of unbranched alkanes of at least 4 members (excludes halogenated alkanes) is 22. The van der Waals surface area contributed by atoms with Gasteiger partial charge in [0.1, 0.15) is 19.6 Å². The summed E-state index contributed by atoms with van der Waals surface area (Å²) in [4.78, 5) is 15.0. The molecular weight excluding hydrogens is 562 g/mol. The Morgan fingerprint density at radius 2 is 1.04 bits per heavy atom. The van der Waals surface area contributed by atoms with Crippen molar-refractivity contribution in [1.29, 1.82) is 0 Å². The Morgan fingerprint density at radius 3 is 1.52 bits per heavy atom. The van der Waals surface area contributed by atoms with Crippen LogP contribution in [-0.4, -0.2) is 53.9 Å². The first-order valence-electron chi connectivity index (χ1n) is 20.6. The van der Waals surface area contributed by atoms with Gasteiger partial charge < -0.3 is 5.32 Å². The second-order valence-corrected chi connectivity index (χ2v) is 14.0. The Kier molecular flexibility index (Phi) is 30.7. The molecule has 0 unspecified atom stereocenters. The van der Waals surface area contributed by atoms with E-state index in [9.17, 15) is 4.79 Å². The molecule has 0 aliphatic carbocycles. The van der Waals surface area contributed by atoms with Gasteiger partial charge in [-0.2, -0.15) is 0 Å². The fourth-order valence-corrected chi connectivity index (χ4v) is 6.73. The van der Waals surface area contributed by atoms with Crippen molar-refractivity contribution < 1.29 is 9.37 Å². The van der Waals surface area contributed by atoms with E-state index in [1.54, 1.807) is 0 Å². The van der Waals surface area contributed by atoms with Gasteiger partial charge >= 0.3 is 0 Å². The van der Waals surface area contributed by atoms with Crippen LogP contribution in [0.3, 0.4) is 0 Å². The van der Waals surface area contributed by atoms with Gasteiger partial charge in [0.25, 0.3) is 0 Å². The molecule has 1 rings (SSSR count). The zero-order valence-corrected chi connectivity index (χ0v) is 31.4. The monoisotopic (exact) mass is 643 g/mol. The lowest BCUT2D eigenvalue weighted by Gasteiger charge is -2.12. The summed E-state index contributed by atoms with van der Waals surface area (Å²) in [7, 11) is 0. The molecule has 0 aromatic carbocycles. The van der Waals surface area contributed by atoms with Crippen molar-refractivity contribution in [3.8, 4) is 0 Å². The molecular formula is C42H80N3O+. The Morgan fingerprint density at radius 1 is 0.609 bits per heavy atom. The molecule has 1 aliphatic heterocycles. The number of rotatable bonds is 34. The first-order chi connectivity index (χ1) is 22.7. The maximum absolute atomic E-state index is 12.4. The van der Waals surface area contributed by atoms with Crippen LogP contribution >= 0.6 is 0 Å². The van der Waals surface area contributed by atoms with E-state index in [-0.39, 0.29) is 5.91 Å². The minimum atomic E-state index is 0.239. The van der Waals surface area contributed by atoms with Crippen molar-refractivity contribution in [2.45, 2.75) is 201 Å². The van der Waals surface area contributed by atoms with Gasteiger partial charge in [-0.1, -0.05) is 141 Å². The Bertz CT molecular complexity index is 771. The third-order valence-electron chi connectivity index (χ3n) is 9.78. The molecule has 1 amide bonds. The molecule has 0 saturated heterocycles. The quantitative estimate of drug-likeness (QED) is 0.0430. The van der Waals surface area contributed by atoms with Crippen LogP contribution in [0.4, 0.5) is 0 Å². The minimum Gasteiger partial charge on any atom is -0.352 e. The molecule has 0 radical (unpaired) electrons. The maximum Gasteiger partial charge on any atom is 0.247 e. The number of amides is 1. The number of amidine groups is 1. The van der Waals surface area contributed by atoms with E-state index < -0.39 is 0 Å². The van der Waals surface area contributed by atoms with Crippen LogP contribution in [0.1, 0.15) is 201 Å². The minimum absolute atomic E-state index is 0.239. The van der Waals surface area contributed by atoms with Crippen LogP contribution in [0.15, 0.2) is 24.3 Å². The second kappa shape index (κ2) is 33.3. The Balaban J connectivity index is 2.03. The highest BCUT2D eigenvalue weighted by molar-refractivity contribution is 5.78. The van der Waals surface area contributed by atoms with Gasteiger partial charge in [-0.05, 0) is 71.1 Å². The molecule has 0 atom stereocenters. The normalized spacial score (nSPS) is 13.7. The van der Waals surface area contributed by atoms with E-state index in [2.05, 4.69) is 59.9 Å². The molecule has 4 heteroatoms. The van der Waals surface area contributed by atoms with Crippen molar-refractivity contribution in [1.82, 2.24) is 10.2 Å². The van der Waals surface area contributed by atoms with Gasteiger partial charge in [0, 0.05) is 12.8 Å². The molecule has 1 heterocycles. The number of likely N-dealkylation sites (N-methyl/N-ethyl adjacent to an activating group) is 1. The molecule has 0 spiro atoms.